The van der Waals surface area contributed by atoms with E-state index in [1.54, 1.807) is 0 Å². The number of rotatable bonds is 7. The molecule has 7 nitrogen and oxygen atoms in total. The predicted octanol–water partition coefficient (Wildman–Crippen LogP) is 1.74. The van der Waals surface area contributed by atoms with Crippen LogP contribution in [0, 0.1) is 11.8 Å². The first-order valence-electron chi connectivity index (χ1n) is 7.45. The molecule has 1 unspecified atom stereocenters. The van der Waals surface area contributed by atoms with E-state index < -0.39 is 17.8 Å². The Hall–Kier alpha value is -2.70. The lowest BCUT2D eigenvalue weighted by Crippen LogP contribution is -2.34. The highest BCUT2D eigenvalue weighted by molar-refractivity contribution is 5.90. The standard InChI is InChI=1S/C16H20N4O3/c1-11(2)8-12(16(22)23)9-17-15(21)14-18-10-20(19-14)13-6-4-3-5-7-13/h3-7,10-12H,8-9H2,1-2H3,(H,17,21)(H,22,23). The molecule has 0 saturated carbocycles. The second-order valence-corrected chi connectivity index (χ2v) is 5.72. The first-order chi connectivity index (χ1) is 11.0. The SMILES string of the molecule is CC(C)CC(CNC(=O)c1ncn(-c2ccccc2)n1)C(=O)O. The highest BCUT2D eigenvalue weighted by atomic mass is 16.4. The molecule has 0 aliphatic rings. The van der Waals surface area contributed by atoms with Crippen LogP contribution in [0.3, 0.4) is 0 Å². The van der Waals surface area contributed by atoms with Gasteiger partial charge in [-0.2, -0.15) is 0 Å². The van der Waals surface area contributed by atoms with Gasteiger partial charge in [0.1, 0.15) is 6.33 Å². The van der Waals surface area contributed by atoms with Crippen molar-refractivity contribution in [3.8, 4) is 5.69 Å². The average Bonchev–Trinajstić information content (AvgIpc) is 3.01. The molecule has 0 radical (unpaired) electrons. The van der Waals surface area contributed by atoms with Crippen molar-refractivity contribution in [2.45, 2.75) is 20.3 Å². The number of nitrogens with zero attached hydrogens (tertiary/aromatic N) is 3. The van der Waals surface area contributed by atoms with Crippen LogP contribution in [0.15, 0.2) is 36.7 Å². The lowest BCUT2D eigenvalue weighted by Gasteiger charge is -2.14. The molecule has 1 aromatic heterocycles. The lowest BCUT2D eigenvalue weighted by molar-refractivity contribution is -0.142. The quantitative estimate of drug-likeness (QED) is 0.811. The molecule has 122 valence electrons. The van der Waals surface area contributed by atoms with Crippen LogP contribution in [0.2, 0.25) is 0 Å². The summed E-state index contributed by atoms with van der Waals surface area (Å²) in [5.74, 6) is -1.75. The third-order valence-corrected chi connectivity index (χ3v) is 3.33. The van der Waals surface area contributed by atoms with Crippen LogP contribution in [-0.2, 0) is 4.79 Å². The largest absolute Gasteiger partial charge is 0.481 e. The lowest BCUT2D eigenvalue weighted by atomic mass is 9.97. The van der Waals surface area contributed by atoms with E-state index in [0.29, 0.717) is 6.42 Å². The van der Waals surface area contributed by atoms with Gasteiger partial charge < -0.3 is 10.4 Å². The Morgan fingerprint density at radius 3 is 2.57 bits per heavy atom. The van der Waals surface area contributed by atoms with E-state index in [1.807, 2.05) is 44.2 Å². The van der Waals surface area contributed by atoms with Gasteiger partial charge in [-0.05, 0) is 24.5 Å². The number of aliphatic carboxylic acids is 1. The number of carbonyl (C=O) groups is 2. The minimum absolute atomic E-state index is 0.0162. The number of aromatic nitrogens is 3. The molecular weight excluding hydrogens is 296 g/mol. The summed E-state index contributed by atoms with van der Waals surface area (Å²) < 4.78 is 1.50. The Morgan fingerprint density at radius 1 is 1.26 bits per heavy atom. The van der Waals surface area contributed by atoms with Crippen molar-refractivity contribution in [1.82, 2.24) is 20.1 Å². The molecule has 1 aromatic carbocycles. The fourth-order valence-corrected chi connectivity index (χ4v) is 2.21. The maximum absolute atomic E-state index is 12.1. The van der Waals surface area contributed by atoms with Gasteiger partial charge in [-0.3, -0.25) is 9.59 Å². The third-order valence-electron chi connectivity index (χ3n) is 3.33. The van der Waals surface area contributed by atoms with Crippen molar-refractivity contribution in [2.75, 3.05) is 6.54 Å². The summed E-state index contributed by atoms with van der Waals surface area (Å²) in [6, 6.07) is 9.30. The van der Waals surface area contributed by atoms with E-state index in [2.05, 4.69) is 15.4 Å². The zero-order valence-corrected chi connectivity index (χ0v) is 13.1. The molecule has 2 aromatic rings. The fraction of sp³-hybridized carbons (Fsp3) is 0.375. The maximum atomic E-state index is 12.1. The molecule has 1 heterocycles. The Balaban J connectivity index is 1.98. The molecule has 1 amide bonds. The van der Waals surface area contributed by atoms with Crippen molar-refractivity contribution in [2.24, 2.45) is 11.8 Å². The van der Waals surface area contributed by atoms with E-state index in [4.69, 9.17) is 0 Å². The summed E-state index contributed by atoms with van der Waals surface area (Å²) in [6.07, 6.45) is 1.95. The van der Waals surface area contributed by atoms with Crippen molar-refractivity contribution in [3.05, 3.63) is 42.5 Å². The van der Waals surface area contributed by atoms with E-state index in [0.717, 1.165) is 5.69 Å². The second-order valence-electron chi connectivity index (χ2n) is 5.72. The van der Waals surface area contributed by atoms with Gasteiger partial charge >= 0.3 is 5.97 Å². The molecule has 1 atom stereocenters. The smallest absolute Gasteiger partial charge is 0.308 e. The van der Waals surface area contributed by atoms with Crippen LogP contribution in [0.1, 0.15) is 30.9 Å². The maximum Gasteiger partial charge on any atom is 0.308 e. The van der Waals surface area contributed by atoms with Crippen molar-refractivity contribution < 1.29 is 14.7 Å². The number of nitrogens with one attached hydrogen (secondary N) is 1. The minimum atomic E-state index is -0.915. The summed E-state index contributed by atoms with van der Waals surface area (Å²) in [5, 5.41) is 15.9. The van der Waals surface area contributed by atoms with Gasteiger partial charge in [-0.15, -0.1) is 5.10 Å². The topological polar surface area (TPSA) is 97.1 Å². The van der Waals surface area contributed by atoms with E-state index in [1.165, 1.54) is 11.0 Å². The zero-order valence-electron chi connectivity index (χ0n) is 13.1. The number of benzene rings is 1. The van der Waals surface area contributed by atoms with Gasteiger partial charge in [0.05, 0.1) is 11.6 Å². The Bertz CT molecular complexity index is 667. The van der Waals surface area contributed by atoms with Gasteiger partial charge in [0.15, 0.2) is 0 Å². The van der Waals surface area contributed by atoms with Gasteiger partial charge in [0.25, 0.3) is 5.91 Å². The number of carboxylic acid groups (broad SMARTS) is 1. The highest BCUT2D eigenvalue weighted by Gasteiger charge is 2.21. The monoisotopic (exact) mass is 316 g/mol. The molecule has 23 heavy (non-hydrogen) atoms. The Morgan fingerprint density at radius 2 is 1.96 bits per heavy atom. The molecule has 0 fully saturated rings. The van der Waals surface area contributed by atoms with Crippen LogP contribution in [-0.4, -0.2) is 38.3 Å². The van der Waals surface area contributed by atoms with Crippen LogP contribution >= 0.6 is 0 Å². The number of carboxylic acids is 1. The number of carbonyl (C=O) groups excluding carboxylic acids is 1. The summed E-state index contributed by atoms with van der Waals surface area (Å²) in [5.41, 5.74) is 0.794. The Labute approximate surface area is 134 Å². The summed E-state index contributed by atoms with van der Waals surface area (Å²) in [6.45, 7) is 3.95. The number of hydrogen-bond acceptors (Lipinski definition) is 4. The predicted molar refractivity (Wildman–Crippen MR) is 84.3 cm³/mol. The number of hydrogen-bond donors (Lipinski definition) is 2. The minimum Gasteiger partial charge on any atom is -0.481 e. The molecule has 2 rings (SSSR count). The summed E-state index contributed by atoms with van der Waals surface area (Å²) in [7, 11) is 0. The molecule has 7 heteroatoms. The molecule has 0 aliphatic heterocycles. The highest BCUT2D eigenvalue weighted by Crippen LogP contribution is 2.11. The van der Waals surface area contributed by atoms with Gasteiger partial charge in [0.2, 0.25) is 5.82 Å². The first-order valence-corrected chi connectivity index (χ1v) is 7.45. The van der Waals surface area contributed by atoms with Crippen molar-refractivity contribution in [3.63, 3.8) is 0 Å². The van der Waals surface area contributed by atoms with Gasteiger partial charge in [0, 0.05) is 6.54 Å². The van der Waals surface area contributed by atoms with E-state index in [9.17, 15) is 14.7 Å². The van der Waals surface area contributed by atoms with Gasteiger partial charge in [-0.1, -0.05) is 32.0 Å². The van der Waals surface area contributed by atoms with E-state index >= 15 is 0 Å². The van der Waals surface area contributed by atoms with Crippen LogP contribution in [0.4, 0.5) is 0 Å². The fourth-order valence-electron chi connectivity index (χ4n) is 2.21. The van der Waals surface area contributed by atoms with Crippen LogP contribution < -0.4 is 5.32 Å². The second kappa shape index (κ2) is 7.53. The average molecular weight is 316 g/mol. The summed E-state index contributed by atoms with van der Waals surface area (Å²) >= 11 is 0. The normalized spacial score (nSPS) is 12.1. The van der Waals surface area contributed by atoms with E-state index in [-0.39, 0.29) is 18.3 Å². The molecule has 2 N–H and O–H groups in total. The molecule has 0 spiro atoms. The van der Waals surface area contributed by atoms with Crippen LogP contribution in [0.25, 0.3) is 5.69 Å². The van der Waals surface area contributed by atoms with Crippen LogP contribution in [0.5, 0.6) is 0 Å². The third kappa shape index (κ3) is 4.64. The molecular formula is C16H20N4O3. The molecule has 0 saturated heterocycles. The zero-order chi connectivity index (χ0) is 16.8. The molecule has 0 aliphatic carbocycles. The van der Waals surface area contributed by atoms with Crippen molar-refractivity contribution >= 4 is 11.9 Å². The Kier molecular flexibility index (Phi) is 5.46. The first kappa shape index (κ1) is 16.7. The van der Waals surface area contributed by atoms with Crippen molar-refractivity contribution in [1.29, 1.82) is 0 Å². The van der Waals surface area contributed by atoms with Gasteiger partial charge in [-0.25, -0.2) is 9.67 Å². The number of amides is 1. The summed E-state index contributed by atoms with van der Waals surface area (Å²) in [4.78, 5) is 27.2. The molecule has 0 bridgehead atoms. The number of para-hydroxylation sites is 1.